The normalized spacial score (nSPS) is 30.7. The van der Waals surface area contributed by atoms with Crippen molar-refractivity contribution in [2.24, 2.45) is 11.8 Å². The largest absolute Gasteiger partial charge is 0.299 e. The van der Waals surface area contributed by atoms with E-state index in [2.05, 4.69) is 6.92 Å². The van der Waals surface area contributed by atoms with Crippen LogP contribution in [0.25, 0.3) is 0 Å². The Morgan fingerprint density at radius 2 is 1.82 bits per heavy atom. The molecule has 0 aromatic carbocycles. The van der Waals surface area contributed by atoms with Gasteiger partial charge in [-0.3, -0.25) is 4.79 Å². The van der Waals surface area contributed by atoms with Crippen molar-refractivity contribution >= 4 is 5.78 Å². The topological polar surface area (TPSA) is 17.1 Å². The lowest BCUT2D eigenvalue weighted by molar-refractivity contribution is -0.124. The molecule has 0 bridgehead atoms. The van der Waals surface area contributed by atoms with Gasteiger partial charge in [0, 0.05) is 12.3 Å². The van der Waals surface area contributed by atoms with E-state index in [1.54, 1.807) is 0 Å². The van der Waals surface area contributed by atoms with E-state index in [4.69, 9.17) is 0 Å². The Kier molecular flexibility index (Phi) is 5.18. The first-order valence-corrected chi connectivity index (χ1v) is 4.73. The fraction of sp³-hybridized carbons (Fsp3) is 0.900. The standard InChI is InChI=1S/C8H14O.C2H6/c1-6-3-4-8(9)7(2)5-6;1-2/h6-7H,3-5H2,1-2H3;1-2H3. The van der Waals surface area contributed by atoms with Gasteiger partial charge >= 0.3 is 0 Å². The zero-order valence-electron chi connectivity index (χ0n) is 8.18. The van der Waals surface area contributed by atoms with Crippen LogP contribution in [0.15, 0.2) is 0 Å². The highest BCUT2D eigenvalue weighted by Gasteiger charge is 2.21. The van der Waals surface area contributed by atoms with Crippen LogP contribution in [0.2, 0.25) is 0 Å². The highest BCUT2D eigenvalue weighted by Crippen LogP contribution is 2.24. The Morgan fingerprint density at radius 1 is 1.27 bits per heavy atom. The molecule has 0 saturated heterocycles. The number of hydrogen-bond acceptors (Lipinski definition) is 1. The fourth-order valence-corrected chi connectivity index (χ4v) is 1.49. The van der Waals surface area contributed by atoms with Crippen LogP contribution in [-0.4, -0.2) is 5.78 Å². The predicted octanol–water partition coefficient (Wildman–Crippen LogP) is 3.04. The molecule has 0 radical (unpaired) electrons. The van der Waals surface area contributed by atoms with Gasteiger partial charge in [0.15, 0.2) is 0 Å². The number of hydrogen-bond donors (Lipinski definition) is 0. The molecular weight excluding hydrogens is 136 g/mol. The predicted molar refractivity (Wildman–Crippen MR) is 48.5 cm³/mol. The maximum absolute atomic E-state index is 10.9. The first-order valence-electron chi connectivity index (χ1n) is 4.73. The van der Waals surface area contributed by atoms with Gasteiger partial charge in [-0.05, 0) is 18.8 Å². The van der Waals surface area contributed by atoms with Crippen LogP contribution in [-0.2, 0) is 4.79 Å². The van der Waals surface area contributed by atoms with Gasteiger partial charge in [0.1, 0.15) is 5.78 Å². The summed E-state index contributed by atoms with van der Waals surface area (Å²) < 4.78 is 0. The quantitative estimate of drug-likeness (QED) is 0.527. The number of carbonyl (C=O) groups excluding carboxylic acids is 1. The monoisotopic (exact) mass is 156 g/mol. The molecule has 1 rings (SSSR count). The summed E-state index contributed by atoms with van der Waals surface area (Å²) in [6.45, 7) is 8.26. The van der Waals surface area contributed by atoms with Gasteiger partial charge in [0.05, 0.1) is 0 Å². The van der Waals surface area contributed by atoms with E-state index in [-0.39, 0.29) is 0 Å². The number of Topliss-reactive ketones (excluding diaryl/α,β-unsaturated/α-hetero) is 1. The average molecular weight is 156 g/mol. The molecule has 0 aromatic rings. The molecule has 0 aliphatic heterocycles. The smallest absolute Gasteiger partial charge is 0.135 e. The molecule has 0 spiro atoms. The summed E-state index contributed by atoms with van der Waals surface area (Å²) in [4.78, 5) is 10.9. The third kappa shape index (κ3) is 3.54. The van der Waals surface area contributed by atoms with E-state index in [0.717, 1.165) is 25.2 Å². The van der Waals surface area contributed by atoms with E-state index in [1.807, 2.05) is 20.8 Å². The lowest BCUT2D eigenvalue weighted by Gasteiger charge is -2.21. The second kappa shape index (κ2) is 5.34. The second-order valence-electron chi connectivity index (χ2n) is 3.25. The molecule has 2 atom stereocenters. The summed E-state index contributed by atoms with van der Waals surface area (Å²) in [6.07, 6.45) is 3.05. The summed E-state index contributed by atoms with van der Waals surface area (Å²) in [7, 11) is 0. The van der Waals surface area contributed by atoms with Crippen molar-refractivity contribution in [2.75, 3.05) is 0 Å². The van der Waals surface area contributed by atoms with Crippen LogP contribution in [0, 0.1) is 11.8 Å². The number of carbonyl (C=O) groups is 1. The van der Waals surface area contributed by atoms with Gasteiger partial charge < -0.3 is 0 Å². The summed E-state index contributed by atoms with van der Waals surface area (Å²) in [6, 6.07) is 0. The van der Waals surface area contributed by atoms with Crippen LogP contribution >= 0.6 is 0 Å². The highest BCUT2D eigenvalue weighted by molar-refractivity contribution is 5.81. The molecule has 0 N–H and O–H groups in total. The lowest BCUT2D eigenvalue weighted by atomic mass is 9.83. The third-order valence-electron chi connectivity index (χ3n) is 2.19. The molecule has 11 heavy (non-hydrogen) atoms. The van der Waals surface area contributed by atoms with Crippen molar-refractivity contribution < 1.29 is 4.79 Å². The molecular formula is C10H20O. The zero-order chi connectivity index (χ0) is 8.85. The molecule has 0 amide bonds. The minimum absolute atomic E-state index is 0.341. The van der Waals surface area contributed by atoms with Gasteiger partial charge in [-0.15, -0.1) is 0 Å². The maximum atomic E-state index is 10.9. The maximum Gasteiger partial charge on any atom is 0.135 e. The van der Waals surface area contributed by atoms with E-state index in [1.165, 1.54) is 0 Å². The lowest BCUT2D eigenvalue weighted by Crippen LogP contribution is -2.20. The van der Waals surface area contributed by atoms with Gasteiger partial charge in [-0.2, -0.15) is 0 Å². The molecule has 1 aliphatic carbocycles. The summed E-state index contributed by atoms with van der Waals surface area (Å²) in [5, 5.41) is 0. The number of ketones is 1. The van der Waals surface area contributed by atoms with Crippen LogP contribution in [0.3, 0.4) is 0 Å². The molecule has 1 nitrogen and oxygen atoms in total. The molecule has 66 valence electrons. The first-order chi connectivity index (χ1) is 5.20. The molecule has 1 aliphatic rings. The van der Waals surface area contributed by atoms with Gasteiger partial charge in [0.2, 0.25) is 0 Å². The summed E-state index contributed by atoms with van der Waals surface area (Å²) in [5.41, 5.74) is 0. The Balaban J connectivity index is 0.000000461. The van der Waals surface area contributed by atoms with Gasteiger partial charge in [-0.25, -0.2) is 0 Å². The summed E-state index contributed by atoms with van der Waals surface area (Å²) in [5.74, 6) is 1.58. The SMILES string of the molecule is CC.CC1CCC(=O)C(C)C1. The van der Waals surface area contributed by atoms with E-state index < -0.39 is 0 Å². The minimum atomic E-state index is 0.341. The van der Waals surface area contributed by atoms with Crippen LogP contribution in [0.1, 0.15) is 47.0 Å². The van der Waals surface area contributed by atoms with E-state index in [9.17, 15) is 4.79 Å². The Bertz CT molecular complexity index is 118. The molecule has 1 heteroatoms. The van der Waals surface area contributed by atoms with Gasteiger partial charge in [-0.1, -0.05) is 27.7 Å². The van der Waals surface area contributed by atoms with E-state index >= 15 is 0 Å². The average Bonchev–Trinajstić information content (AvgIpc) is 2.02. The Hall–Kier alpha value is -0.330. The van der Waals surface area contributed by atoms with Crippen molar-refractivity contribution in [3.05, 3.63) is 0 Å². The third-order valence-corrected chi connectivity index (χ3v) is 2.19. The first kappa shape index (κ1) is 10.7. The minimum Gasteiger partial charge on any atom is -0.299 e. The van der Waals surface area contributed by atoms with Crippen LogP contribution in [0.4, 0.5) is 0 Å². The second-order valence-corrected chi connectivity index (χ2v) is 3.25. The number of rotatable bonds is 0. The molecule has 1 saturated carbocycles. The van der Waals surface area contributed by atoms with Crippen LogP contribution < -0.4 is 0 Å². The van der Waals surface area contributed by atoms with Crippen molar-refractivity contribution in [1.29, 1.82) is 0 Å². The Morgan fingerprint density at radius 3 is 2.18 bits per heavy atom. The fourth-order valence-electron chi connectivity index (χ4n) is 1.49. The summed E-state index contributed by atoms with van der Waals surface area (Å²) >= 11 is 0. The molecule has 2 unspecified atom stereocenters. The molecule has 0 heterocycles. The zero-order valence-corrected chi connectivity index (χ0v) is 8.18. The van der Waals surface area contributed by atoms with Crippen molar-refractivity contribution in [3.8, 4) is 0 Å². The van der Waals surface area contributed by atoms with Crippen molar-refractivity contribution in [2.45, 2.75) is 47.0 Å². The van der Waals surface area contributed by atoms with Crippen molar-refractivity contribution in [1.82, 2.24) is 0 Å². The Labute approximate surface area is 70.2 Å². The van der Waals surface area contributed by atoms with Crippen molar-refractivity contribution in [3.63, 3.8) is 0 Å². The molecule has 0 aromatic heterocycles. The molecule has 1 fully saturated rings. The highest BCUT2D eigenvalue weighted by atomic mass is 16.1. The van der Waals surface area contributed by atoms with Gasteiger partial charge in [0.25, 0.3) is 0 Å². The van der Waals surface area contributed by atoms with Crippen LogP contribution in [0.5, 0.6) is 0 Å². The van der Waals surface area contributed by atoms with E-state index in [0.29, 0.717) is 11.7 Å².